The summed E-state index contributed by atoms with van der Waals surface area (Å²) in [6, 6.07) is 7.62. The minimum atomic E-state index is -0.765. The van der Waals surface area contributed by atoms with E-state index in [4.69, 9.17) is 11.5 Å². The number of nitrogens with two attached hydrogens (primary N) is 2. The van der Waals surface area contributed by atoms with E-state index in [1.165, 1.54) is 0 Å². The number of amides is 3. The highest BCUT2D eigenvalue weighted by atomic mass is 16.2. The fraction of sp³-hybridized carbons (Fsp3) is 0.524. The number of nitrogens with zero attached hydrogens (tertiary/aromatic N) is 4. The Morgan fingerprint density at radius 2 is 2.00 bits per heavy atom. The Labute approximate surface area is 174 Å². The van der Waals surface area contributed by atoms with Crippen LogP contribution in [0.5, 0.6) is 0 Å². The predicted molar refractivity (Wildman–Crippen MR) is 107 cm³/mol. The molecule has 1 aromatic carbocycles. The number of hydrogen-bond donors (Lipinski definition) is 2. The van der Waals surface area contributed by atoms with Gasteiger partial charge in [-0.05, 0) is 37.3 Å². The van der Waals surface area contributed by atoms with Gasteiger partial charge in [0.25, 0.3) is 5.91 Å². The number of likely N-dealkylation sites (tertiary alicyclic amines) is 2. The molecule has 2 bridgehead atoms. The van der Waals surface area contributed by atoms with Crippen molar-refractivity contribution in [2.24, 2.45) is 17.4 Å². The van der Waals surface area contributed by atoms with Gasteiger partial charge in [-0.2, -0.15) is 5.26 Å². The van der Waals surface area contributed by atoms with Gasteiger partial charge in [0.05, 0.1) is 35.4 Å². The molecule has 4 aliphatic rings. The molecule has 4 fully saturated rings. The van der Waals surface area contributed by atoms with E-state index in [0.717, 1.165) is 12.8 Å². The highest BCUT2D eigenvalue weighted by Gasteiger charge is 2.56. The van der Waals surface area contributed by atoms with Crippen LogP contribution in [0.2, 0.25) is 0 Å². The summed E-state index contributed by atoms with van der Waals surface area (Å²) in [6.07, 6.45) is 2.32. The van der Waals surface area contributed by atoms with Crippen molar-refractivity contribution in [1.29, 1.82) is 5.26 Å². The molecule has 0 aromatic heterocycles. The summed E-state index contributed by atoms with van der Waals surface area (Å²) in [4.78, 5) is 43.0. The van der Waals surface area contributed by atoms with Crippen molar-refractivity contribution in [3.8, 4) is 6.07 Å². The lowest BCUT2D eigenvalue weighted by Crippen LogP contribution is -2.57. The van der Waals surface area contributed by atoms with Gasteiger partial charge in [-0.3, -0.25) is 19.3 Å². The number of anilines is 1. The molecule has 9 heteroatoms. The predicted octanol–water partition coefficient (Wildman–Crippen LogP) is -0.585. The van der Waals surface area contributed by atoms with E-state index in [1.807, 2.05) is 4.90 Å². The van der Waals surface area contributed by atoms with Gasteiger partial charge in [0.1, 0.15) is 6.04 Å². The first-order chi connectivity index (χ1) is 14.4. The molecule has 3 heterocycles. The second-order valence-electron chi connectivity index (χ2n) is 8.74. The molecule has 3 unspecified atom stereocenters. The van der Waals surface area contributed by atoms with E-state index >= 15 is 0 Å². The Kier molecular flexibility index (Phi) is 4.31. The summed E-state index contributed by atoms with van der Waals surface area (Å²) in [5, 5.41) is 9.33. The summed E-state index contributed by atoms with van der Waals surface area (Å²) >= 11 is 0. The van der Waals surface area contributed by atoms with Crippen LogP contribution in [-0.4, -0.2) is 70.8 Å². The summed E-state index contributed by atoms with van der Waals surface area (Å²) < 4.78 is 0. The zero-order chi connectivity index (χ0) is 21.2. The zero-order valence-corrected chi connectivity index (χ0v) is 16.5. The Bertz CT molecular complexity index is 974. The van der Waals surface area contributed by atoms with Crippen molar-refractivity contribution < 1.29 is 14.4 Å². The average Bonchev–Trinajstić information content (AvgIpc) is 3.07. The first kappa shape index (κ1) is 19.0. The fourth-order valence-corrected chi connectivity index (χ4v) is 5.48. The number of primary amides is 1. The van der Waals surface area contributed by atoms with Crippen LogP contribution in [0.15, 0.2) is 24.3 Å². The number of carbonyl (C=O) groups excluding carboxylic acids is 3. The first-order valence-corrected chi connectivity index (χ1v) is 10.3. The Hall–Kier alpha value is -2.96. The smallest absolute Gasteiger partial charge is 0.250 e. The lowest BCUT2D eigenvalue weighted by molar-refractivity contribution is -0.135. The quantitative estimate of drug-likeness (QED) is 0.668. The number of rotatable bonds is 5. The van der Waals surface area contributed by atoms with Crippen LogP contribution in [-0.2, 0) is 9.59 Å². The molecular weight excluding hydrogens is 384 g/mol. The summed E-state index contributed by atoms with van der Waals surface area (Å²) in [7, 11) is 0. The largest absolute Gasteiger partial charge is 0.366 e. The van der Waals surface area contributed by atoms with E-state index in [2.05, 4.69) is 6.07 Å². The van der Waals surface area contributed by atoms with Crippen LogP contribution < -0.4 is 16.4 Å². The number of hydrogen-bond acceptors (Lipinski definition) is 6. The summed E-state index contributed by atoms with van der Waals surface area (Å²) in [6.45, 7) is 0.862. The van der Waals surface area contributed by atoms with E-state index in [0.29, 0.717) is 30.1 Å². The lowest BCUT2D eigenvalue weighted by Gasteiger charge is -2.36. The van der Waals surface area contributed by atoms with Crippen LogP contribution in [0, 0.1) is 17.2 Å². The molecule has 1 saturated carbocycles. The number of para-hydroxylation sites is 1. The average molecular weight is 408 g/mol. The van der Waals surface area contributed by atoms with Gasteiger partial charge in [-0.1, -0.05) is 12.1 Å². The van der Waals surface area contributed by atoms with Crippen LogP contribution in [0.3, 0.4) is 0 Å². The molecule has 9 nitrogen and oxygen atoms in total. The molecule has 6 atom stereocenters. The minimum absolute atomic E-state index is 0.0863. The number of piperidine rings is 1. The standard InChI is InChI=1S/C21H24N6O3/c22-8-12-5-11-6-17(11)26(12)20(29)15(23)10-25-9-13-7-18(25)21(30)27(13)16-4-2-1-3-14(16)19(24)28/h1-4,11-13,15,17-18H,5-7,9-10,23H2,(H2,24,28)/t11-,12?,13?,15?,17+,18+/m1/s1. The van der Waals surface area contributed by atoms with E-state index < -0.39 is 11.9 Å². The number of carbonyl (C=O) groups is 3. The maximum Gasteiger partial charge on any atom is 0.250 e. The lowest BCUT2D eigenvalue weighted by atomic mass is 10.1. The molecule has 3 saturated heterocycles. The van der Waals surface area contributed by atoms with E-state index in [9.17, 15) is 19.6 Å². The topological polar surface area (TPSA) is 137 Å². The fourth-order valence-electron chi connectivity index (χ4n) is 5.48. The third kappa shape index (κ3) is 2.79. The Morgan fingerprint density at radius 1 is 1.23 bits per heavy atom. The van der Waals surface area contributed by atoms with Crippen molar-refractivity contribution in [3.63, 3.8) is 0 Å². The van der Waals surface area contributed by atoms with E-state index in [-0.39, 0.29) is 42.5 Å². The molecule has 1 aromatic rings. The number of fused-ring (bicyclic) bond motifs is 3. The molecule has 4 N–H and O–H groups in total. The van der Waals surface area contributed by atoms with Crippen LogP contribution >= 0.6 is 0 Å². The second-order valence-corrected chi connectivity index (χ2v) is 8.74. The van der Waals surface area contributed by atoms with Crippen molar-refractivity contribution in [2.45, 2.75) is 49.5 Å². The van der Waals surface area contributed by atoms with Gasteiger partial charge in [0.15, 0.2) is 0 Å². The number of piperazine rings is 1. The van der Waals surface area contributed by atoms with Crippen molar-refractivity contribution in [3.05, 3.63) is 29.8 Å². The second kappa shape index (κ2) is 6.79. The van der Waals surface area contributed by atoms with Gasteiger partial charge in [0, 0.05) is 19.1 Å². The Balaban J connectivity index is 1.28. The third-order valence-corrected chi connectivity index (χ3v) is 6.95. The minimum Gasteiger partial charge on any atom is -0.366 e. The number of nitriles is 1. The van der Waals surface area contributed by atoms with Gasteiger partial charge < -0.3 is 21.3 Å². The molecular formula is C21H24N6O3. The maximum atomic E-state index is 13.1. The maximum absolute atomic E-state index is 13.1. The van der Waals surface area contributed by atoms with Gasteiger partial charge >= 0.3 is 0 Å². The van der Waals surface area contributed by atoms with Crippen molar-refractivity contribution in [1.82, 2.24) is 9.80 Å². The Morgan fingerprint density at radius 3 is 2.70 bits per heavy atom. The molecule has 30 heavy (non-hydrogen) atoms. The van der Waals surface area contributed by atoms with Crippen molar-refractivity contribution in [2.75, 3.05) is 18.0 Å². The molecule has 3 aliphatic heterocycles. The molecule has 5 rings (SSSR count). The first-order valence-electron chi connectivity index (χ1n) is 10.3. The van der Waals surface area contributed by atoms with Crippen molar-refractivity contribution >= 4 is 23.4 Å². The summed E-state index contributed by atoms with van der Waals surface area (Å²) in [5.74, 6) is -0.425. The molecule has 0 spiro atoms. The molecule has 3 amide bonds. The third-order valence-electron chi connectivity index (χ3n) is 6.95. The summed E-state index contributed by atoms with van der Waals surface area (Å²) in [5.41, 5.74) is 12.6. The van der Waals surface area contributed by atoms with Gasteiger partial charge in [-0.15, -0.1) is 0 Å². The normalized spacial score (nSPS) is 32.8. The monoisotopic (exact) mass is 408 g/mol. The van der Waals surface area contributed by atoms with Gasteiger partial charge in [-0.25, -0.2) is 0 Å². The number of benzene rings is 1. The highest BCUT2D eigenvalue weighted by molar-refractivity contribution is 6.07. The van der Waals surface area contributed by atoms with Crippen LogP contribution in [0.4, 0.5) is 5.69 Å². The molecule has 1 aliphatic carbocycles. The van der Waals surface area contributed by atoms with Gasteiger partial charge in [0.2, 0.25) is 11.8 Å². The SMILES string of the molecule is N#CC1C[C@@H]2C[C@@H]2N1C(=O)C(N)CN1CC2C[C@H]1C(=O)N2c1ccccc1C(N)=O. The zero-order valence-electron chi connectivity index (χ0n) is 16.5. The highest BCUT2D eigenvalue weighted by Crippen LogP contribution is 2.47. The van der Waals surface area contributed by atoms with Crippen LogP contribution in [0.1, 0.15) is 29.6 Å². The molecule has 0 radical (unpaired) electrons. The molecule has 156 valence electrons. The van der Waals surface area contributed by atoms with E-state index in [1.54, 1.807) is 34.1 Å². The van der Waals surface area contributed by atoms with Crippen LogP contribution in [0.25, 0.3) is 0 Å².